The summed E-state index contributed by atoms with van der Waals surface area (Å²) >= 11 is 0. The van der Waals surface area contributed by atoms with Gasteiger partial charge in [-0.2, -0.15) is 0 Å². The quantitative estimate of drug-likeness (QED) is 0.640. The summed E-state index contributed by atoms with van der Waals surface area (Å²) in [5.74, 6) is 0.343. The number of sulfone groups is 1. The molecular weight excluding hydrogens is 266 g/mol. The lowest BCUT2D eigenvalue weighted by atomic mass is 9.91. The fraction of sp³-hybridized carbons (Fsp3) is 1.00. The lowest BCUT2D eigenvalue weighted by Crippen LogP contribution is -2.38. The predicted molar refractivity (Wildman–Crippen MR) is 76.0 cm³/mol. The van der Waals surface area contributed by atoms with E-state index in [0.29, 0.717) is 25.6 Å². The van der Waals surface area contributed by atoms with Crippen molar-refractivity contribution in [2.45, 2.75) is 44.0 Å². The molecule has 0 aromatic carbocycles. The van der Waals surface area contributed by atoms with E-state index in [2.05, 4.69) is 12.2 Å². The van der Waals surface area contributed by atoms with Gasteiger partial charge in [-0.3, -0.25) is 0 Å². The molecule has 0 aromatic heterocycles. The SMILES string of the molecule is COCCNCC(O)CS(=O)(=O)C1CCCC(C)C1. The monoisotopic (exact) mass is 293 g/mol. The topological polar surface area (TPSA) is 75.6 Å². The molecule has 19 heavy (non-hydrogen) atoms. The molecule has 6 heteroatoms. The molecule has 1 aliphatic rings. The number of hydrogen-bond acceptors (Lipinski definition) is 5. The molecular formula is C13H27NO4S. The fourth-order valence-electron chi connectivity index (χ4n) is 2.61. The van der Waals surface area contributed by atoms with Gasteiger partial charge in [0.05, 0.1) is 23.7 Å². The van der Waals surface area contributed by atoms with Gasteiger partial charge in [-0.25, -0.2) is 8.42 Å². The fourth-order valence-corrected chi connectivity index (χ4v) is 4.68. The Morgan fingerprint density at radius 1 is 1.42 bits per heavy atom. The normalized spacial score (nSPS) is 26.3. The third-order valence-electron chi connectivity index (χ3n) is 3.68. The van der Waals surface area contributed by atoms with Gasteiger partial charge in [-0.1, -0.05) is 19.8 Å². The van der Waals surface area contributed by atoms with Crippen LogP contribution in [-0.2, 0) is 14.6 Å². The maximum atomic E-state index is 12.2. The lowest BCUT2D eigenvalue weighted by Gasteiger charge is -2.27. The molecule has 1 fully saturated rings. The summed E-state index contributed by atoms with van der Waals surface area (Å²) in [5.41, 5.74) is 0. The van der Waals surface area contributed by atoms with E-state index < -0.39 is 15.9 Å². The van der Waals surface area contributed by atoms with Crippen LogP contribution in [0.2, 0.25) is 0 Å². The highest BCUT2D eigenvalue weighted by atomic mass is 32.2. The number of nitrogens with one attached hydrogen (secondary N) is 1. The van der Waals surface area contributed by atoms with Crippen LogP contribution in [0.4, 0.5) is 0 Å². The van der Waals surface area contributed by atoms with Crippen molar-refractivity contribution >= 4 is 9.84 Å². The van der Waals surface area contributed by atoms with E-state index in [-0.39, 0.29) is 11.0 Å². The molecule has 5 nitrogen and oxygen atoms in total. The minimum absolute atomic E-state index is 0.135. The van der Waals surface area contributed by atoms with Crippen molar-refractivity contribution in [1.82, 2.24) is 5.32 Å². The highest BCUT2D eigenvalue weighted by Crippen LogP contribution is 2.28. The van der Waals surface area contributed by atoms with Crippen LogP contribution in [0.25, 0.3) is 0 Å². The van der Waals surface area contributed by atoms with Gasteiger partial charge in [-0.15, -0.1) is 0 Å². The van der Waals surface area contributed by atoms with Crippen LogP contribution >= 0.6 is 0 Å². The molecule has 2 N–H and O–H groups in total. The first-order chi connectivity index (χ1) is 8.95. The van der Waals surface area contributed by atoms with Crippen LogP contribution in [0.1, 0.15) is 32.6 Å². The van der Waals surface area contributed by atoms with Crippen molar-refractivity contribution in [2.24, 2.45) is 5.92 Å². The number of methoxy groups -OCH3 is 1. The van der Waals surface area contributed by atoms with Gasteiger partial charge in [-0.05, 0) is 18.8 Å². The molecule has 1 aliphatic carbocycles. The Morgan fingerprint density at radius 2 is 2.16 bits per heavy atom. The molecule has 0 aliphatic heterocycles. The maximum absolute atomic E-state index is 12.2. The first-order valence-corrected chi connectivity index (χ1v) is 8.76. The summed E-state index contributed by atoms with van der Waals surface area (Å²) in [7, 11) is -1.58. The van der Waals surface area contributed by atoms with Crippen molar-refractivity contribution in [2.75, 3.05) is 32.6 Å². The number of rotatable bonds is 8. The number of aliphatic hydroxyl groups is 1. The molecule has 1 rings (SSSR count). The summed E-state index contributed by atoms with van der Waals surface area (Å²) in [4.78, 5) is 0. The summed E-state index contributed by atoms with van der Waals surface area (Å²) in [6, 6.07) is 0. The van der Waals surface area contributed by atoms with Gasteiger partial charge in [0.1, 0.15) is 0 Å². The van der Waals surface area contributed by atoms with Crippen LogP contribution in [0, 0.1) is 5.92 Å². The van der Waals surface area contributed by atoms with Gasteiger partial charge >= 0.3 is 0 Å². The van der Waals surface area contributed by atoms with Crippen LogP contribution in [0.5, 0.6) is 0 Å². The highest BCUT2D eigenvalue weighted by Gasteiger charge is 2.31. The standard InChI is InChI=1S/C13H27NO4S/c1-11-4-3-5-13(8-11)19(16,17)10-12(15)9-14-6-7-18-2/h11-15H,3-10H2,1-2H3. The van der Waals surface area contributed by atoms with Crippen LogP contribution in [-0.4, -0.2) is 57.4 Å². The van der Waals surface area contributed by atoms with Crippen LogP contribution in [0.15, 0.2) is 0 Å². The Hall–Kier alpha value is -0.170. The average molecular weight is 293 g/mol. The molecule has 3 unspecified atom stereocenters. The van der Waals surface area contributed by atoms with Crippen molar-refractivity contribution in [3.8, 4) is 0 Å². The minimum Gasteiger partial charge on any atom is -0.391 e. The second-order valence-corrected chi connectivity index (χ2v) is 7.90. The lowest BCUT2D eigenvalue weighted by molar-refractivity contribution is 0.173. The van der Waals surface area contributed by atoms with Crippen LogP contribution in [0.3, 0.4) is 0 Å². The van der Waals surface area contributed by atoms with Crippen molar-refractivity contribution in [3.63, 3.8) is 0 Å². The largest absolute Gasteiger partial charge is 0.391 e. The van der Waals surface area contributed by atoms with Gasteiger partial charge in [0, 0.05) is 20.2 Å². The molecule has 0 amide bonds. The Labute approximate surface area is 116 Å². The molecule has 0 radical (unpaired) electrons. The van der Waals surface area contributed by atoms with Crippen LogP contribution < -0.4 is 5.32 Å². The van der Waals surface area contributed by atoms with E-state index in [9.17, 15) is 13.5 Å². The zero-order valence-corrected chi connectivity index (χ0v) is 12.8. The van der Waals surface area contributed by atoms with Gasteiger partial charge in [0.15, 0.2) is 9.84 Å². The molecule has 1 saturated carbocycles. The molecule has 0 aromatic rings. The summed E-state index contributed by atoms with van der Waals surface area (Å²) in [5, 5.41) is 12.5. The maximum Gasteiger partial charge on any atom is 0.155 e. The molecule has 0 bridgehead atoms. The van der Waals surface area contributed by atoms with E-state index in [1.807, 2.05) is 0 Å². The summed E-state index contributed by atoms with van der Waals surface area (Å²) in [6.07, 6.45) is 2.75. The van der Waals surface area contributed by atoms with Gasteiger partial charge < -0.3 is 15.2 Å². The smallest absolute Gasteiger partial charge is 0.155 e. The Balaban J connectivity index is 2.36. The Bertz CT molecular complexity index is 345. The van der Waals surface area contributed by atoms with Crippen molar-refractivity contribution < 1.29 is 18.3 Å². The highest BCUT2D eigenvalue weighted by molar-refractivity contribution is 7.92. The minimum atomic E-state index is -3.18. The third kappa shape index (κ3) is 6.21. The average Bonchev–Trinajstić information content (AvgIpc) is 2.34. The first kappa shape index (κ1) is 16.9. The zero-order chi connectivity index (χ0) is 14.3. The summed E-state index contributed by atoms with van der Waals surface area (Å²) < 4.78 is 29.3. The van der Waals surface area contributed by atoms with E-state index in [4.69, 9.17) is 4.74 Å². The van der Waals surface area contributed by atoms with E-state index in [1.165, 1.54) is 0 Å². The molecule has 0 spiro atoms. The van der Waals surface area contributed by atoms with E-state index in [0.717, 1.165) is 25.7 Å². The molecule has 0 heterocycles. The first-order valence-electron chi connectivity index (χ1n) is 7.05. The number of aliphatic hydroxyl groups excluding tert-OH is 1. The zero-order valence-electron chi connectivity index (χ0n) is 12.0. The van der Waals surface area contributed by atoms with Gasteiger partial charge in [0.2, 0.25) is 0 Å². The molecule has 3 atom stereocenters. The summed E-state index contributed by atoms with van der Waals surface area (Å²) in [6.45, 7) is 3.57. The Kier molecular flexibility index (Phi) is 7.28. The van der Waals surface area contributed by atoms with Crippen molar-refractivity contribution in [1.29, 1.82) is 0 Å². The number of hydrogen-bond donors (Lipinski definition) is 2. The van der Waals surface area contributed by atoms with Crippen molar-refractivity contribution in [3.05, 3.63) is 0 Å². The number of ether oxygens (including phenoxy) is 1. The van der Waals surface area contributed by atoms with Gasteiger partial charge in [0.25, 0.3) is 0 Å². The molecule has 0 saturated heterocycles. The Morgan fingerprint density at radius 3 is 2.79 bits per heavy atom. The predicted octanol–water partition coefficient (Wildman–Crippen LogP) is 0.577. The van der Waals surface area contributed by atoms with E-state index in [1.54, 1.807) is 7.11 Å². The second kappa shape index (κ2) is 8.19. The van der Waals surface area contributed by atoms with E-state index >= 15 is 0 Å². The third-order valence-corrected chi connectivity index (χ3v) is 5.98. The molecule has 114 valence electrons. The second-order valence-electron chi connectivity index (χ2n) is 5.57.